The third-order valence-electron chi connectivity index (χ3n) is 2.28. The molecule has 0 fully saturated rings. The molecule has 1 nitrogen and oxygen atoms in total. The van der Waals surface area contributed by atoms with Crippen LogP contribution in [-0.4, -0.2) is 0 Å². The van der Waals surface area contributed by atoms with Crippen molar-refractivity contribution in [2.45, 2.75) is 0 Å². The smallest absolute Gasteiger partial charge is 0.135 e. The molecule has 0 aliphatic rings. The average molecular weight is 296 g/mol. The average Bonchev–Trinajstić information content (AvgIpc) is 2.56. The lowest BCUT2D eigenvalue weighted by atomic mass is 10.2. The van der Waals surface area contributed by atoms with E-state index in [1.807, 2.05) is 36.4 Å². The van der Waals surface area contributed by atoms with E-state index in [1.165, 1.54) is 10.8 Å². The first kappa shape index (κ1) is 9.52. The van der Waals surface area contributed by atoms with Crippen molar-refractivity contribution in [3.8, 4) is 0 Å². The Labute approximate surface area is 98.7 Å². The Morgan fingerprint density at radius 2 is 1.07 bits per heavy atom. The van der Waals surface area contributed by atoms with Crippen LogP contribution in [0.1, 0.15) is 0 Å². The first-order valence-corrected chi connectivity index (χ1v) is 4.31. The topological polar surface area (TPSA) is 13.1 Å². The Morgan fingerprint density at radius 3 is 1.57 bits per heavy atom. The number of hydrogen-bond acceptors (Lipinski definition) is 1. The highest BCUT2D eigenvalue weighted by Gasteiger charge is 2.02. The van der Waals surface area contributed by atoms with Crippen molar-refractivity contribution in [3.05, 3.63) is 48.5 Å². The fraction of sp³-hybridized carbons (Fsp3) is 0. The zero-order valence-corrected chi connectivity index (χ0v) is 9.77. The number of hydrogen-bond donors (Lipinski definition) is 0. The van der Waals surface area contributed by atoms with E-state index in [0.29, 0.717) is 0 Å². The highest BCUT2D eigenvalue weighted by Crippen LogP contribution is 2.27. The van der Waals surface area contributed by atoms with Gasteiger partial charge in [0.2, 0.25) is 0 Å². The normalized spacial score (nSPS) is 10.3. The van der Waals surface area contributed by atoms with E-state index in [1.54, 1.807) is 0 Å². The van der Waals surface area contributed by atoms with Crippen LogP contribution in [0.5, 0.6) is 0 Å². The summed E-state index contributed by atoms with van der Waals surface area (Å²) in [5.74, 6) is 0. The summed E-state index contributed by atoms with van der Waals surface area (Å²) >= 11 is 0. The van der Waals surface area contributed by atoms with Gasteiger partial charge in [0.05, 0.1) is 0 Å². The Morgan fingerprint density at radius 1 is 0.643 bits per heavy atom. The minimum Gasteiger partial charge on any atom is -0.456 e. The van der Waals surface area contributed by atoms with E-state index in [9.17, 15) is 0 Å². The first-order valence-electron chi connectivity index (χ1n) is 4.31. The number of fused-ring (bicyclic) bond motifs is 3. The molecule has 3 rings (SSSR count). The fourth-order valence-electron chi connectivity index (χ4n) is 1.67. The van der Waals surface area contributed by atoms with Gasteiger partial charge in [0, 0.05) is 10.8 Å². The number of halogens is 1. The lowest BCUT2D eigenvalue weighted by Gasteiger charge is -1.85. The van der Waals surface area contributed by atoms with Gasteiger partial charge in [-0.15, -0.1) is 24.0 Å². The summed E-state index contributed by atoms with van der Waals surface area (Å²) in [5, 5.41) is 2.39. The predicted octanol–water partition coefficient (Wildman–Crippen LogP) is 4.20. The molecule has 1 heterocycles. The molecule has 0 saturated heterocycles. The third kappa shape index (κ3) is 1.30. The molecule has 0 unspecified atom stereocenters. The molecule has 0 spiro atoms. The summed E-state index contributed by atoms with van der Waals surface area (Å²) in [6.45, 7) is 0. The second kappa shape index (κ2) is 3.61. The molecule has 0 N–H and O–H groups in total. The minimum absolute atomic E-state index is 0. The van der Waals surface area contributed by atoms with Crippen LogP contribution in [0.2, 0.25) is 0 Å². The van der Waals surface area contributed by atoms with Gasteiger partial charge in [0.1, 0.15) is 11.2 Å². The molecule has 0 aliphatic heterocycles. The second-order valence-electron chi connectivity index (χ2n) is 3.09. The summed E-state index contributed by atoms with van der Waals surface area (Å²) in [4.78, 5) is 0. The van der Waals surface area contributed by atoms with Crippen LogP contribution in [0.15, 0.2) is 52.9 Å². The molecule has 2 aromatic carbocycles. The van der Waals surface area contributed by atoms with Gasteiger partial charge in [-0.25, -0.2) is 0 Å². The second-order valence-corrected chi connectivity index (χ2v) is 3.09. The Bertz CT molecular complexity index is 518. The number of benzene rings is 2. The predicted molar refractivity (Wildman–Crippen MR) is 69.1 cm³/mol. The van der Waals surface area contributed by atoms with Crippen LogP contribution in [0.25, 0.3) is 21.9 Å². The van der Waals surface area contributed by atoms with Crippen molar-refractivity contribution in [3.63, 3.8) is 0 Å². The van der Waals surface area contributed by atoms with Crippen LogP contribution >= 0.6 is 24.0 Å². The van der Waals surface area contributed by atoms with Crippen LogP contribution in [0, 0.1) is 0 Å². The lowest BCUT2D eigenvalue weighted by Crippen LogP contribution is -1.62. The maximum atomic E-state index is 5.65. The zero-order chi connectivity index (χ0) is 8.67. The molecule has 0 aliphatic carbocycles. The summed E-state index contributed by atoms with van der Waals surface area (Å²) in [5.41, 5.74) is 1.92. The molecule has 0 atom stereocenters. The van der Waals surface area contributed by atoms with Crippen LogP contribution in [0.3, 0.4) is 0 Å². The Balaban J connectivity index is 0.000000750. The molecular weight excluding hydrogens is 287 g/mol. The van der Waals surface area contributed by atoms with Crippen molar-refractivity contribution < 1.29 is 4.42 Å². The van der Waals surface area contributed by atoms with Crippen molar-refractivity contribution in [1.82, 2.24) is 0 Å². The van der Waals surface area contributed by atoms with Gasteiger partial charge in [0.15, 0.2) is 0 Å². The van der Waals surface area contributed by atoms with Crippen molar-refractivity contribution in [2.75, 3.05) is 0 Å². The number of furan rings is 1. The van der Waals surface area contributed by atoms with Crippen molar-refractivity contribution in [1.29, 1.82) is 0 Å². The molecule has 0 bridgehead atoms. The van der Waals surface area contributed by atoms with Gasteiger partial charge in [-0.3, -0.25) is 0 Å². The van der Waals surface area contributed by atoms with Crippen LogP contribution in [0.4, 0.5) is 0 Å². The van der Waals surface area contributed by atoms with E-state index < -0.39 is 0 Å². The minimum atomic E-state index is 0. The number of rotatable bonds is 0. The van der Waals surface area contributed by atoms with Gasteiger partial charge in [-0.05, 0) is 12.1 Å². The summed E-state index contributed by atoms with van der Waals surface area (Å²) in [6.07, 6.45) is 0. The monoisotopic (exact) mass is 296 g/mol. The summed E-state index contributed by atoms with van der Waals surface area (Å²) < 4.78 is 5.65. The number of para-hydroxylation sites is 2. The van der Waals surface area contributed by atoms with Crippen molar-refractivity contribution in [2.24, 2.45) is 0 Å². The highest BCUT2D eigenvalue weighted by atomic mass is 127. The molecule has 2 heteroatoms. The van der Waals surface area contributed by atoms with E-state index in [-0.39, 0.29) is 24.0 Å². The maximum Gasteiger partial charge on any atom is 0.135 e. The summed E-state index contributed by atoms with van der Waals surface area (Å²) in [6, 6.07) is 16.2. The SMILES string of the molecule is I.c1ccc2c(c1)oc1ccccc12. The van der Waals surface area contributed by atoms with E-state index >= 15 is 0 Å². The molecule has 1 aromatic heterocycles. The fourth-order valence-corrected chi connectivity index (χ4v) is 1.67. The first-order chi connectivity index (χ1) is 6.45. The molecular formula is C12H9IO. The lowest BCUT2D eigenvalue weighted by molar-refractivity contribution is 0.669. The van der Waals surface area contributed by atoms with Gasteiger partial charge in [-0.2, -0.15) is 0 Å². The van der Waals surface area contributed by atoms with Crippen molar-refractivity contribution >= 4 is 45.9 Å². The highest BCUT2D eigenvalue weighted by molar-refractivity contribution is 14.0. The quantitative estimate of drug-likeness (QED) is 0.567. The zero-order valence-electron chi connectivity index (χ0n) is 7.44. The molecule has 0 amide bonds. The van der Waals surface area contributed by atoms with Crippen LogP contribution < -0.4 is 0 Å². The molecule has 70 valence electrons. The third-order valence-corrected chi connectivity index (χ3v) is 2.28. The van der Waals surface area contributed by atoms with E-state index in [2.05, 4.69) is 12.1 Å². The molecule has 3 aromatic rings. The largest absolute Gasteiger partial charge is 0.456 e. The summed E-state index contributed by atoms with van der Waals surface area (Å²) in [7, 11) is 0. The molecule has 0 radical (unpaired) electrons. The van der Waals surface area contributed by atoms with E-state index in [4.69, 9.17) is 4.42 Å². The van der Waals surface area contributed by atoms with Gasteiger partial charge >= 0.3 is 0 Å². The Kier molecular flexibility index (Phi) is 2.46. The molecule has 0 saturated carbocycles. The van der Waals surface area contributed by atoms with Gasteiger partial charge in [-0.1, -0.05) is 36.4 Å². The Hall–Kier alpha value is -1.03. The van der Waals surface area contributed by atoms with Crippen LogP contribution in [-0.2, 0) is 0 Å². The van der Waals surface area contributed by atoms with Gasteiger partial charge in [0.25, 0.3) is 0 Å². The van der Waals surface area contributed by atoms with Gasteiger partial charge < -0.3 is 4.42 Å². The standard InChI is InChI=1S/C12H8O.HI/c1-3-7-11-9(5-1)10-6-2-4-8-12(10)13-11;/h1-8H;1H. The van der Waals surface area contributed by atoms with E-state index in [0.717, 1.165) is 11.2 Å². The maximum absolute atomic E-state index is 5.65. The molecule has 14 heavy (non-hydrogen) atoms.